The largest absolute Gasteiger partial charge is 0.352 e. The molecular weight excluding hydrogens is 340 g/mol. The Morgan fingerprint density at radius 1 is 0.815 bits per heavy atom. The number of hydrogen-bond acceptors (Lipinski definition) is 6. The predicted octanol–water partition coefficient (Wildman–Crippen LogP) is 2.58. The van der Waals surface area contributed by atoms with Crippen LogP contribution in [0.5, 0.6) is 0 Å². The summed E-state index contributed by atoms with van der Waals surface area (Å²) >= 11 is 0. The third-order valence-electron chi connectivity index (χ3n) is 4.48. The highest BCUT2D eigenvalue weighted by molar-refractivity contribution is 5.94. The number of carbonyl (C=O) groups excluding carboxylic acids is 1. The topological polar surface area (TPSA) is 74.2 Å². The summed E-state index contributed by atoms with van der Waals surface area (Å²) < 4.78 is 0. The first-order chi connectivity index (χ1) is 13.3. The number of carbonyl (C=O) groups is 1. The maximum Gasteiger partial charge on any atom is 0.253 e. The Morgan fingerprint density at radius 2 is 1.59 bits per heavy atom. The van der Waals surface area contributed by atoms with Crippen molar-refractivity contribution in [2.45, 2.75) is 0 Å². The van der Waals surface area contributed by atoms with E-state index in [0.717, 1.165) is 30.3 Å². The standard InChI is InChI=1S/C20H20N6O/c27-20(16-6-2-1-3-7-16)26-14-12-25(13-15-26)19-10-9-18(23-24-19)22-17-8-4-5-11-21-17/h1-11H,12-15H2,(H,21,22,23). The van der Waals surface area contributed by atoms with Gasteiger partial charge in [-0.1, -0.05) is 24.3 Å². The van der Waals surface area contributed by atoms with Crippen molar-refractivity contribution >= 4 is 23.4 Å². The second-order valence-corrected chi connectivity index (χ2v) is 6.26. The van der Waals surface area contributed by atoms with E-state index >= 15 is 0 Å². The van der Waals surface area contributed by atoms with Gasteiger partial charge in [-0.15, -0.1) is 10.2 Å². The SMILES string of the molecule is O=C(c1ccccc1)N1CCN(c2ccc(Nc3ccccn3)nn2)CC1. The number of amides is 1. The van der Waals surface area contributed by atoms with Gasteiger partial charge in [0.25, 0.3) is 5.91 Å². The van der Waals surface area contributed by atoms with E-state index in [0.29, 0.717) is 18.9 Å². The van der Waals surface area contributed by atoms with E-state index in [4.69, 9.17) is 0 Å². The van der Waals surface area contributed by atoms with Crippen LogP contribution in [0.2, 0.25) is 0 Å². The molecule has 4 rings (SSSR count). The first-order valence-corrected chi connectivity index (χ1v) is 8.91. The molecule has 0 unspecified atom stereocenters. The molecule has 7 nitrogen and oxygen atoms in total. The number of aromatic nitrogens is 3. The van der Waals surface area contributed by atoms with Gasteiger partial charge >= 0.3 is 0 Å². The third-order valence-corrected chi connectivity index (χ3v) is 4.48. The second-order valence-electron chi connectivity index (χ2n) is 6.26. The summed E-state index contributed by atoms with van der Waals surface area (Å²) in [5.74, 6) is 2.27. The van der Waals surface area contributed by atoms with E-state index < -0.39 is 0 Å². The van der Waals surface area contributed by atoms with Crippen molar-refractivity contribution in [3.05, 3.63) is 72.4 Å². The molecule has 3 aromatic rings. The van der Waals surface area contributed by atoms with Gasteiger partial charge in [-0.05, 0) is 36.4 Å². The molecule has 1 aromatic carbocycles. The Hall–Kier alpha value is -3.48. The molecule has 1 N–H and O–H groups in total. The molecule has 0 aliphatic carbocycles. The molecule has 0 bridgehead atoms. The Bertz CT molecular complexity index is 877. The highest BCUT2D eigenvalue weighted by Gasteiger charge is 2.22. The Labute approximate surface area is 157 Å². The van der Waals surface area contributed by atoms with Gasteiger partial charge in [0.1, 0.15) is 5.82 Å². The van der Waals surface area contributed by atoms with Gasteiger partial charge in [-0.2, -0.15) is 0 Å². The molecule has 1 amide bonds. The lowest BCUT2D eigenvalue weighted by Gasteiger charge is -2.35. The maximum atomic E-state index is 12.5. The molecule has 7 heteroatoms. The van der Waals surface area contributed by atoms with Crippen molar-refractivity contribution in [3.8, 4) is 0 Å². The molecule has 0 spiro atoms. The van der Waals surface area contributed by atoms with Crippen molar-refractivity contribution in [2.75, 3.05) is 36.4 Å². The molecule has 0 atom stereocenters. The van der Waals surface area contributed by atoms with Crippen LogP contribution in [0.1, 0.15) is 10.4 Å². The summed E-state index contributed by atoms with van der Waals surface area (Å²) in [7, 11) is 0. The van der Waals surface area contributed by atoms with Crippen LogP contribution in [-0.4, -0.2) is 52.2 Å². The summed E-state index contributed by atoms with van der Waals surface area (Å²) in [6.07, 6.45) is 1.72. The van der Waals surface area contributed by atoms with Gasteiger partial charge in [0.2, 0.25) is 0 Å². The lowest BCUT2D eigenvalue weighted by atomic mass is 10.2. The van der Waals surface area contributed by atoms with E-state index in [1.165, 1.54) is 0 Å². The van der Waals surface area contributed by atoms with Crippen molar-refractivity contribution < 1.29 is 4.79 Å². The van der Waals surface area contributed by atoms with E-state index in [1.807, 2.05) is 65.6 Å². The molecule has 0 radical (unpaired) electrons. The maximum absolute atomic E-state index is 12.5. The highest BCUT2D eigenvalue weighted by atomic mass is 16.2. The molecule has 2 aromatic heterocycles. The number of anilines is 3. The van der Waals surface area contributed by atoms with Crippen molar-refractivity contribution in [3.63, 3.8) is 0 Å². The average Bonchev–Trinajstić information content (AvgIpc) is 2.75. The van der Waals surface area contributed by atoms with E-state index in [-0.39, 0.29) is 5.91 Å². The number of piperazine rings is 1. The van der Waals surface area contributed by atoms with Gasteiger partial charge in [0, 0.05) is 37.9 Å². The van der Waals surface area contributed by atoms with Crippen molar-refractivity contribution in [1.82, 2.24) is 20.1 Å². The summed E-state index contributed by atoms with van der Waals surface area (Å²) in [6.45, 7) is 2.81. The molecule has 1 fully saturated rings. The number of nitrogens with zero attached hydrogens (tertiary/aromatic N) is 5. The van der Waals surface area contributed by atoms with Gasteiger partial charge in [-0.25, -0.2) is 4.98 Å². The fourth-order valence-electron chi connectivity index (χ4n) is 3.03. The molecule has 27 heavy (non-hydrogen) atoms. The summed E-state index contributed by atoms with van der Waals surface area (Å²) in [5.41, 5.74) is 0.732. The van der Waals surface area contributed by atoms with Crippen molar-refractivity contribution in [1.29, 1.82) is 0 Å². The zero-order valence-corrected chi connectivity index (χ0v) is 14.8. The Balaban J connectivity index is 1.35. The predicted molar refractivity (Wildman–Crippen MR) is 104 cm³/mol. The van der Waals surface area contributed by atoms with Crippen LogP contribution in [0, 0.1) is 0 Å². The van der Waals surface area contributed by atoms with Crippen LogP contribution >= 0.6 is 0 Å². The van der Waals surface area contributed by atoms with Crippen LogP contribution in [0.25, 0.3) is 0 Å². The second kappa shape index (κ2) is 7.82. The lowest BCUT2D eigenvalue weighted by Crippen LogP contribution is -2.49. The first-order valence-electron chi connectivity index (χ1n) is 8.91. The van der Waals surface area contributed by atoms with Crippen LogP contribution < -0.4 is 10.2 Å². The average molecular weight is 360 g/mol. The van der Waals surface area contributed by atoms with Gasteiger partial charge in [-0.3, -0.25) is 4.79 Å². The molecule has 136 valence electrons. The zero-order valence-electron chi connectivity index (χ0n) is 14.8. The number of pyridine rings is 1. The monoisotopic (exact) mass is 360 g/mol. The number of hydrogen-bond donors (Lipinski definition) is 1. The molecule has 3 heterocycles. The summed E-state index contributed by atoms with van der Waals surface area (Å²) in [4.78, 5) is 20.8. The smallest absolute Gasteiger partial charge is 0.253 e. The normalized spacial score (nSPS) is 14.1. The van der Waals surface area contributed by atoms with Crippen LogP contribution in [0.4, 0.5) is 17.5 Å². The highest BCUT2D eigenvalue weighted by Crippen LogP contribution is 2.17. The molecule has 1 saturated heterocycles. The van der Waals surface area contributed by atoms with Crippen LogP contribution in [-0.2, 0) is 0 Å². The fourth-order valence-corrected chi connectivity index (χ4v) is 3.03. The quantitative estimate of drug-likeness (QED) is 0.771. The first kappa shape index (κ1) is 17.0. The Kier molecular flexibility index (Phi) is 4.91. The zero-order chi connectivity index (χ0) is 18.5. The number of benzene rings is 1. The molecule has 1 aliphatic heterocycles. The summed E-state index contributed by atoms with van der Waals surface area (Å²) in [5, 5.41) is 11.7. The van der Waals surface area contributed by atoms with E-state index in [9.17, 15) is 4.79 Å². The Morgan fingerprint density at radius 3 is 2.26 bits per heavy atom. The third kappa shape index (κ3) is 4.03. The van der Waals surface area contributed by atoms with Gasteiger partial charge < -0.3 is 15.1 Å². The van der Waals surface area contributed by atoms with E-state index in [2.05, 4.69) is 25.4 Å². The minimum atomic E-state index is 0.0799. The number of rotatable bonds is 4. The van der Waals surface area contributed by atoms with Crippen LogP contribution in [0.3, 0.4) is 0 Å². The minimum Gasteiger partial charge on any atom is -0.352 e. The summed E-state index contributed by atoms with van der Waals surface area (Å²) in [6, 6.07) is 18.9. The lowest BCUT2D eigenvalue weighted by molar-refractivity contribution is 0.0746. The van der Waals surface area contributed by atoms with Gasteiger partial charge in [0.05, 0.1) is 0 Å². The number of nitrogens with one attached hydrogen (secondary N) is 1. The molecular formula is C20H20N6O. The molecule has 0 saturated carbocycles. The fraction of sp³-hybridized carbons (Fsp3) is 0.200. The van der Waals surface area contributed by atoms with Gasteiger partial charge in [0.15, 0.2) is 11.6 Å². The van der Waals surface area contributed by atoms with E-state index in [1.54, 1.807) is 6.20 Å². The molecule has 1 aliphatic rings. The van der Waals surface area contributed by atoms with Crippen LogP contribution in [0.15, 0.2) is 66.9 Å². The van der Waals surface area contributed by atoms with Crippen molar-refractivity contribution in [2.24, 2.45) is 0 Å². The minimum absolute atomic E-state index is 0.0799.